The molecule has 3 aromatic rings. The highest BCUT2D eigenvalue weighted by molar-refractivity contribution is 5.94. The first-order chi connectivity index (χ1) is 11.6. The average Bonchev–Trinajstić information content (AvgIpc) is 2.98. The number of hydrogen-bond donors (Lipinski definition) is 2. The fourth-order valence-electron chi connectivity index (χ4n) is 2.44. The Morgan fingerprint density at radius 3 is 2.54 bits per heavy atom. The van der Waals surface area contributed by atoms with Crippen LogP contribution >= 0.6 is 0 Å². The number of amides is 1. The number of nitrogens with one attached hydrogen (secondary N) is 2. The molecular formula is C18H20N4O2. The third-order valence-electron chi connectivity index (χ3n) is 3.53. The first-order valence-electron chi connectivity index (χ1n) is 7.76. The Bertz CT molecular complexity index is 853. The molecule has 6 nitrogen and oxygen atoms in total. The Morgan fingerprint density at radius 1 is 1.12 bits per heavy atom. The van der Waals surface area contributed by atoms with Gasteiger partial charge in [0.2, 0.25) is 0 Å². The molecule has 1 amide bonds. The fourth-order valence-corrected chi connectivity index (χ4v) is 2.44. The van der Waals surface area contributed by atoms with Gasteiger partial charge in [-0.05, 0) is 38.1 Å². The van der Waals surface area contributed by atoms with Crippen molar-refractivity contribution in [3.05, 3.63) is 54.4 Å². The number of rotatable bonds is 5. The van der Waals surface area contributed by atoms with E-state index in [0.29, 0.717) is 5.56 Å². The van der Waals surface area contributed by atoms with Crippen LogP contribution in [0, 0.1) is 0 Å². The first-order valence-corrected chi connectivity index (χ1v) is 7.76. The summed E-state index contributed by atoms with van der Waals surface area (Å²) in [5.74, 6) is -0.0860. The summed E-state index contributed by atoms with van der Waals surface area (Å²) in [6.07, 6.45) is 3.71. The number of hydrogen-bond acceptors (Lipinski definition) is 4. The van der Waals surface area contributed by atoms with E-state index in [2.05, 4.69) is 15.8 Å². The molecule has 0 saturated carbocycles. The summed E-state index contributed by atoms with van der Waals surface area (Å²) in [4.78, 5) is 21.6. The van der Waals surface area contributed by atoms with Crippen LogP contribution in [0.15, 0.2) is 48.8 Å². The van der Waals surface area contributed by atoms with Gasteiger partial charge in [-0.1, -0.05) is 12.1 Å². The van der Waals surface area contributed by atoms with Crippen molar-refractivity contribution in [2.24, 2.45) is 0 Å². The van der Waals surface area contributed by atoms with Crippen LogP contribution in [0.3, 0.4) is 0 Å². The van der Waals surface area contributed by atoms with Crippen LogP contribution in [0.1, 0.15) is 24.2 Å². The lowest BCUT2D eigenvalue weighted by atomic mass is 10.1. The molecule has 0 bridgehead atoms. The summed E-state index contributed by atoms with van der Waals surface area (Å²) >= 11 is 0. The second kappa shape index (κ2) is 6.72. The number of carbonyl (C=O) groups excluding carboxylic acids is 1. The molecule has 2 aromatic heterocycles. The van der Waals surface area contributed by atoms with E-state index >= 15 is 0 Å². The lowest BCUT2D eigenvalue weighted by molar-refractivity contribution is 0.0942. The molecule has 0 unspecified atom stereocenters. The summed E-state index contributed by atoms with van der Waals surface area (Å²) in [5, 5.41) is 2.89. The van der Waals surface area contributed by atoms with E-state index in [-0.39, 0.29) is 11.9 Å². The van der Waals surface area contributed by atoms with Crippen LogP contribution in [-0.2, 0) is 4.84 Å². The molecule has 0 atom stereocenters. The van der Waals surface area contributed by atoms with E-state index < -0.39 is 0 Å². The molecule has 0 spiro atoms. The van der Waals surface area contributed by atoms with E-state index in [1.165, 1.54) is 0 Å². The summed E-state index contributed by atoms with van der Waals surface area (Å²) in [7, 11) is 1.57. The molecule has 0 fully saturated rings. The minimum Gasteiger partial charge on any atom is -0.350 e. The van der Waals surface area contributed by atoms with Crippen LogP contribution < -0.4 is 10.8 Å². The number of imidazole rings is 1. The largest absolute Gasteiger partial charge is 0.350 e. The molecule has 2 heterocycles. The minimum atomic E-state index is -0.0860. The Labute approximate surface area is 140 Å². The molecule has 2 N–H and O–H groups in total. The molecule has 0 aliphatic heterocycles. The molecule has 24 heavy (non-hydrogen) atoms. The van der Waals surface area contributed by atoms with E-state index in [0.717, 1.165) is 22.6 Å². The average molecular weight is 324 g/mol. The quantitative estimate of drug-likeness (QED) is 0.708. The highest BCUT2D eigenvalue weighted by Gasteiger charge is 2.10. The lowest BCUT2D eigenvalue weighted by Gasteiger charge is -2.08. The van der Waals surface area contributed by atoms with E-state index in [1.807, 2.05) is 54.8 Å². The number of aromatic nitrogens is 2. The monoisotopic (exact) mass is 324 g/mol. The van der Waals surface area contributed by atoms with Crippen molar-refractivity contribution in [1.82, 2.24) is 14.7 Å². The van der Waals surface area contributed by atoms with E-state index in [1.54, 1.807) is 19.4 Å². The van der Waals surface area contributed by atoms with Crippen molar-refractivity contribution in [3.63, 3.8) is 0 Å². The highest BCUT2D eigenvalue weighted by atomic mass is 16.6. The number of pyridine rings is 1. The van der Waals surface area contributed by atoms with Crippen molar-refractivity contribution >= 4 is 17.2 Å². The van der Waals surface area contributed by atoms with Crippen LogP contribution in [0.25, 0.3) is 16.9 Å². The van der Waals surface area contributed by atoms with Gasteiger partial charge in [0.1, 0.15) is 5.65 Å². The molecular weight excluding hydrogens is 304 g/mol. The van der Waals surface area contributed by atoms with Crippen LogP contribution in [0.2, 0.25) is 0 Å². The van der Waals surface area contributed by atoms with E-state index in [9.17, 15) is 4.79 Å². The van der Waals surface area contributed by atoms with Gasteiger partial charge in [0.05, 0.1) is 24.1 Å². The predicted octanol–water partition coefficient (Wildman–Crippen LogP) is 3.11. The second-order valence-corrected chi connectivity index (χ2v) is 5.82. The van der Waals surface area contributed by atoms with Gasteiger partial charge in [-0.15, -0.1) is 0 Å². The van der Waals surface area contributed by atoms with Crippen molar-refractivity contribution in [2.45, 2.75) is 19.9 Å². The second-order valence-electron chi connectivity index (χ2n) is 5.82. The zero-order valence-corrected chi connectivity index (χ0v) is 13.9. The van der Waals surface area contributed by atoms with Crippen LogP contribution in [0.5, 0.6) is 0 Å². The van der Waals surface area contributed by atoms with Gasteiger partial charge >= 0.3 is 0 Å². The third kappa shape index (κ3) is 3.38. The summed E-state index contributed by atoms with van der Waals surface area (Å²) in [6, 6.07) is 11.5. The topological polar surface area (TPSA) is 67.7 Å². The molecule has 6 heteroatoms. The zero-order valence-electron chi connectivity index (χ0n) is 13.9. The molecule has 3 rings (SSSR count). The Balaban J connectivity index is 1.89. The predicted molar refractivity (Wildman–Crippen MR) is 93.9 cm³/mol. The van der Waals surface area contributed by atoms with Crippen molar-refractivity contribution in [3.8, 4) is 11.3 Å². The van der Waals surface area contributed by atoms with Gasteiger partial charge in [0.15, 0.2) is 0 Å². The highest BCUT2D eigenvalue weighted by Crippen LogP contribution is 2.21. The molecule has 1 aromatic carbocycles. The Hall–Kier alpha value is -2.86. The molecule has 0 radical (unpaired) electrons. The normalized spacial score (nSPS) is 11.0. The SMILES string of the molecule is CONc1ccc(-c2cn3cc(C(=O)NC(C)C)ccc3n2)cc1. The van der Waals surface area contributed by atoms with Crippen LogP contribution in [-0.4, -0.2) is 28.4 Å². The molecule has 0 aliphatic carbocycles. The van der Waals surface area contributed by atoms with E-state index in [4.69, 9.17) is 4.84 Å². The van der Waals surface area contributed by atoms with Gasteiger partial charge < -0.3 is 9.72 Å². The standard InChI is InChI=1S/C18H20N4O2/c1-12(2)19-18(23)14-6-9-17-20-16(11-22(17)10-14)13-4-7-15(8-5-13)21-24-3/h4-12,21H,1-3H3,(H,19,23). The smallest absolute Gasteiger partial charge is 0.252 e. The van der Waals surface area contributed by atoms with Crippen molar-refractivity contribution < 1.29 is 9.63 Å². The van der Waals surface area contributed by atoms with Crippen LogP contribution in [0.4, 0.5) is 5.69 Å². The summed E-state index contributed by atoms with van der Waals surface area (Å²) < 4.78 is 1.87. The summed E-state index contributed by atoms with van der Waals surface area (Å²) in [6.45, 7) is 3.88. The third-order valence-corrected chi connectivity index (χ3v) is 3.53. The van der Waals surface area contributed by atoms with Gasteiger partial charge in [-0.3, -0.25) is 15.1 Å². The lowest BCUT2D eigenvalue weighted by Crippen LogP contribution is -2.30. The maximum absolute atomic E-state index is 12.1. The maximum atomic E-state index is 12.1. The Morgan fingerprint density at radius 2 is 1.88 bits per heavy atom. The fraction of sp³-hybridized carbons (Fsp3) is 0.222. The Kier molecular flexibility index (Phi) is 4.48. The molecule has 0 aliphatic rings. The number of carbonyl (C=O) groups is 1. The van der Waals surface area contributed by atoms with Gasteiger partial charge in [0.25, 0.3) is 5.91 Å². The van der Waals surface area contributed by atoms with Crippen molar-refractivity contribution in [1.29, 1.82) is 0 Å². The minimum absolute atomic E-state index is 0.0860. The number of anilines is 1. The first kappa shape index (κ1) is 16.0. The number of benzene rings is 1. The van der Waals surface area contributed by atoms with Gasteiger partial charge in [-0.25, -0.2) is 4.98 Å². The zero-order chi connectivity index (χ0) is 17.1. The number of fused-ring (bicyclic) bond motifs is 1. The molecule has 0 saturated heterocycles. The number of nitrogens with zero attached hydrogens (tertiary/aromatic N) is 2. The maximum Gasteiger partial charge on any atom is 0.252 e. The van der Waals surface area contributed by atoms with Crippen molar-refractivity contribution in [2.75, 3.05) is 12.6 Å². The molecule has 124 valence electrons. The van der Waals surface area contributed by atoms with Gasteiger partial charge in [-0.2, -0.15) is 0 Å². The summed E-state index contributed by atoms with van der Waals surface area (Å²) in [5.41, 5.74) is 6.90. The van der Waals surface area contributed by atoms with Gasteiger partial charge in [0, 0.05) is 24.0 Å².